The van der Waals surface area contributed by atoms with E-state index in [1.54, 1.807) is 12.1 Å². The fraction of sp³-hybridized carbons (Fsp3) is 0.684. The van der Waals surface area contributed by atoms with Crippen molar-refractivity contribution in [2.75, 3.05) is 44.7 Å². The molecule has 0 unspecified atom stereocenters. The lowest BCUT2D eigenvalue weighted by Crippen LogP contribution is -2.44. The SMILES string of the molecule is CN1CCN(c2ccc([N+](=O)[O-])cc2OCCC2CCCCC2)CC1. The van der Waals surface area contributed by atoms with Gasteiger partial charge >= 0.3 is 0 Å². The van der Waals surface area contributed by atoms with Crippen LogP contribution >= 0.6 is 0 Å². The van der Waals surface area contributed by atoms with Gasteiger partial charge < -0.3 is 14.5 Å². The van der Waals surface area contributed by atoms with Crippen LogP contribution in [0.2, 0.25) is 0 Å². The number of benzene rings is 1. The van der Waals surface area contributed by atoms with Crippen LogP contribution in [0, 0.1) is 16.0 Å². The summed E-state index contributed by atoms with van der Waals surface area (Å²) in [6.07, 6.45) is 7.65. The molecule has 1 saturated carbocycles. The van der Waals surface area contributed by atoms with Gasteiger partial charge in [0.25, 0.3) is 5.69 Å². The van der Waals surface area contributed by atoms with Gasteiger partial charge in [-0.1, -0.05) is 32.1 Å². The molecule has 138 valence electrons. The van der Waals surface area contributed by atoms with E-state index in [9.17, 15) is 10.1 Å². The van der Waals surface area contributed by atoms with E-state index >= 15 is 0 Å². The Hall–Kier alpha value is -1.82. The van der Waals surface area contributed by atoms with Crippen LogP contribution in [0.5, 0.6) is 5.75 Å². The molecule has 0 amide bonds. The molecule has 1 aliphatic heterocycles. The van der Waals surface area contributed by atoms with E-state index in [-0.39, 0.29) is 10.6 Å². The molecule has 0 bridgehead atoms. The molecule has 0 atom stereocenters. The van der Waals surface area contributed by atoms with Gasteiger partial charge in [-0.05, 0) is 25.5 Å². The summed E-state index contributed by atoms with van der Waals surface area (Å²) in [5.41, 5.74) is 1.09. The number of nitro groups is 1. The van der Waals surface area contributed by atoms with E-state index in [4.69, 9.17) is 4.74 Å². The summed E-state index contributed by atoms with van der Waals surface area (Å²) in [6, 6.07) is 5.02. The smallest absolute Gasteiger partial charge is 0.273 e. The Morgan fingerprint density at radius 2 is 1.88 bits per heavy atom. The predicted molar refractivity (Wildman–Crippen MR) is 99.5 cm³/mol. The Morgan fingerprint density at radius 3 is 2.56 bits per heavy atom. The number of non-ortho nitro benzene ring substituents is 1. The van der Waals surface area contributed by atoms with Crippen LogP contribution < -0.4 is 9.64 Å². The number of hydrogen-bond acceptors (Lipinski definition) is 5. The summed E-state index contributed by atoms with van der Waals surface area (Å²) in [5, 5.41) is 11.1. The fourth-order valence-electron chi connectivity index (χ4n) is 3.85. The van der Waals surface area contributed by atoms with Crippen molar-refractivity contribution in [1.82, 2.24) is 4.90 Å². The standard InChI is InChI=1S/C19H29N3O3/c1-20-10-12-21(13-11-20)18-8-7-17(22(23)24)15-19(18)25-14-9-16-5-3-2-4-6-16/h7-8,15-16H,2-6,9-14H2,1H3. The topological polar surface area (TPSA) is 58.9 Å². The summed E-state index contributed by atoms with van der Waals surface area (Å²) < 4.78 is 6.05. The molecule has 0 N–H and O–H groups in total. The second-order valence-electron chi connectivity index (χ2n) is 7.34. The minimum absolute atomic E-state index is 0.102. The van der Waals surface area contributed by atoms with Crippen molar-refractivity contribution < 1.29 is 9.66 Å². The van der Waals surface area contributed by atoms with Crippen molar-refractivity contribution in [3.8, 4) is 5.75 Å². The summed E-state index contributed by atoms with van der Waals surface area (Å²) in [6.45, 7) is 4.49. The van der Waals surface area contributed by atoms with Gasteiger partial charge in [0.2, 0.25) is 0 Å². The van der Waals surface area contributed by atoms with Gasteiger partial charge in [-0.25, -0.2) is 0 Å². The first-order chi connectivity index (χ1) is 12.1. The lowest BCUT2D eigenvalue weighted by molar-refractivity contribution is -0.384. The van der Waals surface area contributed by atoms with Gasteiger partial charge in [-0.15, -0.1) is 0 Å². The first-order valence-corrected chi connectivity index (χ1v) is 9.48. The number of hydrogen-bond donors (Lipinski definition) is 0. The van der Waals surface area contributed by atoms with Crippen LogP contribution in [0.25, 0.3) is 0 Å². The Morgan fingerprint density at radius 1 is 1.16 bits per heavy atom. The molecular weight excluding hydrogens is 318 g/mol. The maximum atomic E-state index is 11.1. The molecule has 1 aromatic carbocycles. The summed E-state index contributed by atoms with van der Waals surface area (Å²) in [5.74, 6) is 1.41. The Balaban J connectivity index is 1.67. The van der Waals surface area contributed by atoms with Gasteiger partial charge in [0.1, 0.15) is 5.75 Å². The maximum absolute atomic E-state index is 11.1. The van der Waals surface area contributed by atoms with Gasteiger partial charge in [0.15, 0.2) is 0 Å². The Bertz CT molecular complexity index is 579. The molecule has 1 aliphatic carbocycles. The van der Waals surface area contributed by atoms with Crippen molar-refractivity contribution in [2.45, 2.75) is 38.5 Å². The zero-order valence-corrected chi connectivity index (χ0v) is 15.2. The molecule has 0 aromatic heterocycles. The van der Waals surface area contributed by atoms with Gasteiger partial charge in [-0.2, -0.15) is 0 Å². The number of nitro benzene ring substituents is 1. The lowest BCUT2D eigenvalue weighted by Gasteiger charge is -2.34. The first kappa shape index (κ1) is 18.0. The van der Waals surface area contributed by atoms with Crippen LogP contribution in [-0.4, -0.2) is 49.7 Å². The molecule has 3 rings (SSSR count). The monoisotopic (exact) mass is 347 g/mol. The molecule has 1 aromatic rings. The van der Waals surface area contributed by atoms with E-state index in [2.05, 4.69) is 16.8 Å². The average molecular weight is 347 g/mol. The van der Waals surface area contributed by atoms with E-state index in [0.717, 1.165) is 44.2 Å². The molecule has 2 fully saturated rings. The first-order valence-electron chi connectivity index (χ1n) is 9.48. The minimum Gasteiger partial charge on any atom is -0.491 e. The number of piperazine rings is 1. The fourth-order valence-corrected chi connectivity index (χ4v) is 3.85. The van der Waals surface area contributed by atoms with E-state index in [1.165, 1.54) is 32.1 Å². The van der Waals surface area contributed by atoms with Crippen molar-refractivity contribution in [1.29, 1.82) is 0 Å². The zero-order chi connectivity index (χ0) is 17.6. The number of rotatable bonds is 6. The molecule has 1 heterocycles. The second kappa shape index (κ2) is 8.52. The normalized spacial score (nSPS) is 19.8. The van der Waals surface area contributed by atoms with Crippen LogP contribution in [0.3, 0.4) is 0 Å². The molecule has 25 heavy (non-hydrogen) atoms. The van der Waals surface area contributed by atoms with Crippen LogP contribution in [-0.2, 0) is 0 Å². The van der Waals surface area contributed by atoms with E-state index < -0.39 is 0 Å². The van der Waals surface area contributed by atoms with E-state index in [0.29, 0.717) is 12.4 Å². The Labute approximate surface area is 149 Å². The average Bonchev–Trinajstić information content (AvgIpc) is 2.63. The van der Waals surface area contributed by atoms with Crippen molar-refractivity contribution in [2.24, 2.45) is 5.92 Å². The zero-order valence-electron chi connectivity index (χ0n) is 15.2. The molecule has 0 spiro atoms. The van der Waals surface area contributed by atoms with Gasteiger partial charge in [0, 0.05) is 32.2 Å². The highest BCUT2D eigenvalue weighted by Crippen LogP contribution is 2.34. The van der Waals surface area contributed by atoms with Crippen LogP contribution in [0.15, 0.2) is 18.2 Å². The second-order valence-corrected chi connectivity index (χ2v) is 7.34. The van der Waals surface area contributed by atoms with Crippen LogP contribution in [0.4, 0.5) is 11.4 Å². The number of nitrogens with zero attached hydrogens (tertiary/aromatic N) is 3. The largest absolute Gasteiger partial charge is 0.491 e. The van der Waals surface area contributed by atoms with Crippen molar-refractivity contribution in [3.05, 3.63) is 28.3 Å². The lowest BCUT2D eigenvalue weighted by atomic mass is 9.87. The minimum atomic E-state index is -0.345. The van der Waals surface area contributed by atoms with Crippen LogP contribution in [0.1, 0.15) is 38.5 Å². The van der Waals surface area contributed by atoms with Gasteiger partial charge in [0.05, 0.1) is 23.3 Å². The van der Waals surface area contributed by atoms with Crippen molar-refractivity contribution in [3.63, 3.8) is 0 Å². The third-order valence-electron chi connectivity index (χ3n) is 5.51. The molecular formula is C19H29N3O3. The third-order valence-corrected chi connectivity index (χ3v) is 5.51. The molecule has 6 nitrogen and oxygen atoms in total. The number of likely N-dealkylation sites (N-methyl/N-ethyl adjacent to an activating group) is 1. The highest BCUT2D eigenvalue weighted by molar-refractivity contribution is 5.62. The van der Waals surface area contributed by atoms with Crippen molar-refractivity contribution >= 4 is 11.4 Å². The highest BCUT2D eigenvalue weighted by atomic mass is 16.6. The number of anilines is 1. The maximum Gasteiger partial charge on any atom is 0.273 e. The third kappa shape index (κ3) is 4.84. The Kier molecular flexibility index (Phi) is 6.13. The van der Waals surface area contributed by atoms with E-state index in [1.807, 2.05) is 6.07 Å². The molecule has 6 heteroatoms. The summed E-state index contributed by atoms with van der Waals surface area (Å²) in [4.78, 5) is 15.4. The molecule has 1 saturated heterocycles. The van der Waals surface area contributed by atoms with Gasteiger partial charge in [-0.3, -0.25) is 10.1 Å². The number of ether oxygens (including phenoxy) is 1. The summed E-state index contributed by atoms with van der Waals surface area (Å²) >= 11 is 0. The molecule has 0 radical (unpaired) electrons. The molecule has 2 aliphatic rings. The summed E-state index contributed by atoms with van der Waals surface area (Å²) in [7, 11) is 2.12. The quantitative estimate of drug-likeness (QED) is 0.580. The predicted octanol–water partition coefficient (Wildman–Crippen LogP) is 3.70. The highest BCUT2D eigenvalue weighted by Gasteiger charge is 2.21.